The summed E-state index contributed by atoms with van der Waals surface area (Å²) < 4.78 is 6.03. The third kappa shape index (κ3) is 6.65. The van der Waals surface area contributed by atoms with Gasteiger partial charge in [0.05, 0.1) is 7.11 Å². The van der Waals surface area contributed by atoms with Crippen LogP contribution in [0, 0.1) is 0 Å². The zero-order valence-corrected chi connectivity index (χ0v) is 17.4. The molecule has 0 saturated carbocycles. The van der Waals surface area contributed by atoms with Gasteiger partial charge in [-0.2, -0.15) is 0 Å². The number of carbonyl (C=O) groups is 1. The minimum atomic E-state index is -0.0485. The number of benzene rings is 2. The van der Waals surface area contributed by atoms with Crippen LogP contribution >= 0.6 is 23.1 Å². The SMILES string of the molecule is COc1ccc(CCC(=O)Nc2nnc(SCCCc3ccccc3)s2)cc1. The van der Waals surface area contributed by atoms with Crippen LogP contribution < -0.4 is 10.1 Å². The van der Waals surface area contributed by atoms with Gasteiger partial charge < -0.3 is 10.1 Å². The van der Waals surface area contributed by atoms with E-state index in [0.717, 1.165) is 34.2 Å². The third-order valence-electron chi connectivity index (χ3n) is 4.13. The molecule has 7 heteroatoms. The van der Waals surface area contributed by atoms with E-state index in [0.29, 0.717) is 18.0 Å². The highest BCUT2D eigenvalue weighted by Crippen LogP contribution is 2.26. The van der Waals surface area contributed by atoms with E-state index in [1.807, 2.05) is 30.3 Å². The molecule has 1 aromatic heterocycles. The predicted molar refractivity (Wildman–Crippen MR) is 115 cm³/mol. The molecule has 0 saturated heterocycles. The molecule has 0 spiro atoms. The number of hydrogen-bond acceptors (Lipinski definition) is 6. The number of nitrogens with zero attached hydrogens (tertiary/aromatic N) is 2. The van der Waals surface area contributed by atoms with E-state index in [2.05, 4.69) is 39.8 Å². The molecule has 0 aliphatic heterocycles. The van der Waals surface area contributed by atoms with E-state index < -0.39 is 0 Å². The molecule has 3 aromatic rings. The molecule has 2 aromatic carbocycles. The molecule has 1 heterocycles. The molecule has 0 aliphatic carbocycles. The van der Waals surface area contributed by atoms with Crippen molar-refractivity contribution in [3.63, 3.8) is 0 Å². The summed E-state index contributed by atoms with van der Waals surface area (Å²) in [5, 5.41) is 11.6. The molecule has 0 radical (unpaired) electrons. The molecular formula is C21H23N3O2S2. The standard InChI is InChI=1S/C21H23N3O2S2/c1-26-18-12-9-17(10-13-18)11-14-19(25)22-20-23-24-21(28-20)27-15-5-8-16-6-3-2-4-7-16/h2-4,6-7,9-10,12-13H,5,8,11,14-15H2,1H3,(H,22,23,25). The number of methoxy groups -OCH3 is 1. The summed E-state index contributed by atoms with van der Waals surface area (Å²) in [6, 6.07) is 18.2. The van der Waals surface area contributed by atoms with Gasteiger partial charge in [0.2, 0.25) is 11.0 Å². The largest absolute Gasteiger partial charge is 0.497 e. The highest BCUT2D eigenvalue weighted by atomic mass is 32.2. The molecule has 1 N–H and O–H groups in total. The number of nitrogens with one attached hydrogen (secondary N) is 1. The maximum atomic E-state index is 12.1. The lowest BCUT2D eigenvalue weighted by atomic mass is 10.1. The average molecular weight is 414 g/mol. The first-order valence-corrected chi connectivity index (χ1v) is 11.0. The minimum absolute atomic E-state index is 0.0485. The topological polar surface area (TPSA) is 64.1 Å². The normalized spacial score (nSPS) is 10.6. The highest BCUT2D eigenvalue weighted by molar-refractivity contribution is 8.01. The van der Waals surface area contributed by atoms with Gasteiger partial charge >= 0.3 is 0 Å². The zero-order valence-electron chi connectivity index (χ0n) is 15.8. The second-order valence-electron chi connectivity index (χ2n) is 6.21. The minimum Gasteiger partial charge on any atom is -0.497 e. The Hall–Kier alpha value is -2.38. The van der Waals surface area contributed by atoms with Gasteiger partial charge in [-0.05, 0) is 42.5 Å². The summed E-state index contributed by atoms with van der Waals surface area (Å²) in [6.45, 7) is 0. The van der Waals surface area contributed by atoms with Crippen LogP contribution in [0.4, 0.5) is 5.13 Å². The maximum Gasteiger partial charge on any atom is 0.226 e. The summed E-state index contributed by atoms with van der Waals surface area (Å²) in [4.78, 5) is 12.1. The highest BCUT2D eigenvalue weighted by Gasteiger charge is 2.09. The molecule has 0 fully saturated rings. The number of carbonyl (C=O) groups excluding carboxylic acids is 1. The van der Waals surface area contributed by atoms with Gasteiger partial charge in [-0.1, -0.05) is 65.6 Å². The second kappa shape index (κ2) is 10.8. The summed E-state index contributed by atoms with van der Waals surface area (Å²) in [7, 11) is 1.64. The number of amides is 1. The number of anilines is 1. The van der Waals surface area contributed by atoms with Crippen molar-refractivity contribution in [2.24, 2.45) is 0 Å². The third-order valence-corrected chi connectivity index (χ3v) is 6.19. The first-order valence-electron chi connectivity index (χ1n) is 9.16. The lowest BCUT2D eigenvalue weighted by Gasteiger charge is -2.03. The van der Waals surface area contributed by atoms with Crippen LogP contribution in [0.15, 0.2) is 58.9 Å². The van der Waals surface area contributed by atoms with Crippen LogP contribution in [0.5, 0.6) is 5.75 Å². The van der Waals surface area contributed by atoms with Crippen molar-refractivity contribution >= 4 is 34.1 Å². The van der Waals surface area contributed by atoms with Gasteiger partial charge in [-0.15, -0.1) is 10.2 Å². The van der Waals surface area contributed by atoms with Crippen molar-refractivity contribution in [2.45, 2.75) is 30.0 Å². The Bertz CT molecular complexity index is 867. The van der Waals surface area contributed by atoms with Gasteiger partial charge in [-0.25, -0.2) is 0 Å². The molecule has 0 bridgehead atoms. The summed E-state index contributed by atoms with van der Waals surface area (Å²) in [5.41, 5.74) is 2.45. The van der Waals surface area contributed by atoms with E-state index in [-0.39, 0.29) is 5.91 Å². The van der Waals surface area contributed by atoms with E-state index in [9.17, 15) is 4.79 Å². The molecular weight excluding hydrogens is 390 g/mol. The van der Waals surface area contributed by atoms with Crippen molar-refractivity contribution in [1.29, 1.82) is 0 Å². The number of thioether (sulfide) groups is 1. The molecule has 0 aliphatic rings. The Morgan fingerprint density at radius 2 is 1.79 bits per heavy atom. The van der Waals surface area contributed by atoms with Gasteiger partial charge in [0.1, 0.15) is 5.75 Å². The van der Waals surface area contributed by atoms with Crippen molar-refractivity contribution < 1.29 is 9.53 Å². The Balaban J connectivity index is 1.36. The molecule has 28 heavy (non-hydrogen) atoms. The van der Waals surface area contributed by atoms with Gasteiger partial charge in [0.15, 0.2) is 4.34 Å². The number of rotatable bonds is 10. The lowest BCUT2D eigenvalue weighted by Crippen LogP contribution is -2.12. The first-order chi connectivity index (χ1) is 13.7. The van der Waals surface area contributed by atoms with Gasteiger partial charge in [-0.3, -0.25) is 4.79 Å². The van der Waals surface area contributed by atoms with E-state index in [1.54, 1.807) is 18.9 Å². The van der Waals surface area contributed by atoms with Crippen molar-refractivity contribution in [3.05, 3.63) is 65.7 Å². The fraction of sp³-hybridized carbons (Fsp3) is 0.286. The Morgan fingerprint density at radius 3 is 2.54 bits per heavy atom. The number of hydrogen-bond donors (Lipinski definition) is 1. The van der Waals surface area contributed by atoms with E-state index in [1.165, 1.54) is 16.9 Å². The van der Waals surface area contributed by atoms with E-state index >= 15 is 0 Å². The van der Waals surface area contributed by atoms with Crippen molar-refractivity contribution in [2.75, 3.05) is 18.2 Å². The smallest absolute Gasteiger partial charge is 0.226 e. The van der Waals surface area contributed by atoms with Crippen LogP contribution in [0.1, 0.15) is 24.0 Å². The molecule has 0 unspecified atom stereocenters. The van der Waals surface area contributed by atoms with Gasteiger partial charge in [0, 0.05) is 12.2 Å². The second-order valence-corrected chi connectivity index (χ2v) is 8.53. The summed E-state index contributed by atoms with van der Waals surface area (Å²) >= 11 is 3.11. The molecule has 0 atom stereocenters. The Kier molecular flexibility index (Phi) is 7.87. The number of aryl methyl sites for hydroxylation is 2. The van der Waals surface area contributed by atoms with E-state index in [4.69, 9.17) is 4.74 Å². The Morgan fingerprint density at radius 1 is 1.04 bits per heavy atom. The maximum absolute atomic E-state index is 12.1. The lowest BCUT2D eigenvalue weighted by molar-refractivity contribution is -0.116. The summed E-state index contributed by atoms with van der Waals surface area (Å²) in [5.74, 6) is 1.75. The predicted octanol–water partition coefficient (Wildman–Crippen LogP) is 4.84. The fourth-order valence-corrected chi connectivity index (χ4v) is 4.41. The van der Waals surface area contributed by atoms with Gasteiger partial charge in [0.25, 0.3) is 0 Å². The number of ether oxygens (including phenoxy) is 1. The molecule has 3 rings (SSSR count). The number of aromatic nitrogens is 2. The fourth-order valence-electron chi connectivity index (χ4n) is 2.63. The Labute approximate surface area is 173 Å². The average Bonchev–Trinajstić information content (AvgIpc) is 3.18. The molecule has 1 amide bonds. The van der Waals surface area contributed by atoms with Crippen LogP contribution in [-0.2, 0) is 17.6 Å². The van der Waals surface area contributed by atoms with Crippen LogP contribution in [0.2, 0.25) is 0 Å². The molecule has 5 nitrogen and oxygen atoms in total. The van der Waals surface area contributed by atoms with Crippen molar-refractivity contribution in [3.8, 4) is 5.75 Å². The summed E-state index contributed by atoms with van der Waals surface area (Å²) in [6.07, 6.45) is 3.22. The van der Waals surface area contributed by atoms with Crippen LogP contribution in [0.25, 0.3) is 0 Å². The quantitative estimate of drug-likeness (QED) is 0.293. The van der Waals surface area contributed by atoms with Crippen LogP contribution in [-0.4, -0.2) is 29.0 Å². The zero-order chi connectivity index (χ0) is 19.6. The van der Waals surface area contributed by atoms with Crippen LogP contribution in [0.3, 0.4) is 0 Å². The van der Waals surface area contributed by atoms with Crippen molar-refractivity contribution in [1.82, 2.24) is 10.2 Å². The monoisotopic (exact) mass is 413 g/mol. The first kappa shape index (κ1) is 20.4. The molecule has 146 valence electrons.